The van der Waals surface area contributed by atoms with Gasteiger partial charge in [0.2, 0.25) is 0 Å². The summed E-state index contributed by atoms with van der Waals surface area (Å²) in [6, 6.07) is 0. The van der Waals surface area contributed by atoms with Gasteiger partial charge in [-0.3, -0.25) is 37.3 Å². The number of aliphatic hydroxyl groups excluding tert-OH is 1. The zero-order valence-corrected chi connectivity index (χ0v) is 58.6. The quantitative estimate of drug-likeness (QED) is 0.0222. The van der Waals surface area contributed by atoms with E-state index in [0.717, 1.165) is 115 Å². The summed E-state index contributed by atoms with van der Waals surface area (Å²) < 4.78 is 67.9. The van der Waals surface area contributed by atoms with E-state index in [4.69, 9.17) is 37.0 Å². The van der Waals surface area contributed by atoms with E-state index in [1.807, 2.05) is 0 Å². The Bertz CT molecular complexity index is 1710. The molecular weight excluding hydrogens is 1160 g/mol. The van der Waals surface area contributed by atoms with Gasteiger partial charge in [-0.2, -0.15) is 0 Å². The van der Waals surface area contributed by atoms with Gasteiger partial charge >= 0.3 is 39.5 Å². The van der Waals surface area contributed by atoms with Gasteiger partial charge in [0.1, 0.15) is 19.3 Å². The Balaban J connectivity index is 5.10. The minimum absolute atomic E-state index is 0.103. The minimum Gasteiger partial charge on any atom is -0.462 e. The number of hydrogen-bond donors (Lipinski definition) is 3. The summed E-state index contributed by atoms with van der Waals surface area (Å²) in [5, 5.41) is 10.5. The summed E-state index contributed by atoms with van der Waals surface area (Å²) >= 11 is 0. The molecule has 3 N–H and O–H groups in total. The SMILES string of the molecule is CCCCCCCCCCCCCCCCCCCCC(=O)OC[C@H](COP(=O)(O)OC[C@@H](O)COP(=O)(O)OC[C@@H](COC(=O)CCCCCCC)OC(=O)CCCCCCCCC)OC(=O)CCCCCCCCCCCCCCCCC(C)CC. The first-order valence-electron chi connectivity index (χ1n) is 36.2. The van der Waals surface area contributed by atoms with Gasteiger partial charge in [-0.1, -0.05) is 304 Å². The van der Waals surface area contributed by atoms with Crippen LogP contribution in [0.15, 0.2) is 0 Å². The normalized spacial score (nSPS) is 14.4. The van der Waals surface area contributed by atoms with E-state index >= 15 is 0 Å². The Morgan fingerprint density at radius 2 is 0.545 bits per heavy atom. The lowest BCUT2D eigenvalue weighted by atomic mass is 9.99. The van der Waals surface area contributed by atoms with Crippen LogP contribution in [0.3, 0.4) is 0 Å². The summed E-state index contributed by atoms with van der Waals surface area (Å²) in [6.07, 6.45) is 49.2. The maximum Gasteiger partial charge on any atom is 0.472 e. The van der Waals surface area contributed by atoms with Gasteiger partial charge in [0.25, 0.3) is 0 Å². The maximum absolute atomic E-state index is 13.0. The van der Waals surface area contributed by atoms with Crippen molar-refractivity contribution in [2.24, 2.45) is 5.92 Å². The molecule has 0 saturated heterocycles. The molecule has 0 saturated carbocycles. The average Bonchev–Trinajstić information content (AvgIpc) is 3.67. The summed E-state index contributed by atoms with van der Waals surface area (Å²) in [5.41, 5.74) is 0. The van der Waals surface area contributed by atoms with Crippen molar-refractivity contribution in [2.45, 2.75) is 374 Å². The van der Waals surface area contributed by atoms with Crippen LogP contribution < -0.4 is 0 Å². The molecule has 0 aromatic carbocycles. The molecule has 0 bridgehead atoms. The third-order valence-corrected chi connectivity index (χ3v) is 18.3. The Hall–Kier alpha value is -1.94. The van der Waals surface area contributed by atoms with Crippen LogP contribution in [0.1, 0.15) is 356 Å². The molecule has 0 rings (SSSR count). The van der Waals surface area contributed by atoms with Gasteiger partial charge in [0, 0.05) is 25.7 Å². The molecule has 0 radical (unpaired) electrons. The largest absolute Gasteiger partial charge is 0.472 e. The van der Waals surface area contributed by atoms with Crippen molar-refractivity contribution >= 4 is 39.5 Å². The number of aliphatic hydroxyl groups is 1. The lowest BCUT2D eigenvalue weighted by molar-refractivity contribution is -0.161. The van der Waals surface area contributed by atoms with Crippen LogP contribution in [-0.4, -0.2) is 96.7 Å². The molecule has 0 aliphatic heterocycles. The van der Waals surface area contributed by atoms with E-state index in [1.165, 1.54) is 161 Å². The van der Waals surface area contributed by atoms with Crippen LogP contribution in [-0.2, 0) is 65.4 Å². The molecule has 0 spiro atoms. The number of rotatable bonds is 69. The number of unbranched alkanes of at least 4 members (excludes halogenated alkanes) is 40. The van der Waals surface area contributed by atoms with Gasteiger partial charge in [0.05, 0.1) is 26.4 Å². The van der Waals surface area contributed by atoms with E-state index in [2.05, 4.69) is 34.6 Å². The van der Waals surface area contributed by atoms with Crippen LogP contribution in [0.5, 0.6) is 0 Å². The Kier molecular flexibility index (Phi) is 61.1. The fourth-order valence-electron chi connectivity index (χ4n) is 10.4. The molecule has 0 amide bonds. The highest BCUT2D eigenvalue weighted by molar-refractivity contribution is 7.47. The van der Waals surface area contributed by atoms with Crippen molar-refractivity contribution in [2.75, 3.05) is 39.6 Å². The first-order chi connectivity index (χ1) is 42.6. The first kappa shape index (κ1) is 86.1. The zero-order chi connectivity index (χ0) is 64.9. The third-order valence-electron chi connectivity index (χ3n) is 16.4. The molecule has 6 atom stereocenters. The van der Waals surface area contributed by atoms with Crippen molar-refractivity contribution in [1.82, 2.24) is 0 Å². The van der Waals surface area contributed by atoms with E-state index in [-0.39, 0.29) is 25.7 Å². The summed E-state index contributed by atoms with van der Waals surface area (Å²) in [5.74, 6) is -1.29. The highest BCUT2D eigenvalue weighted by Crippen LogP contribution is 2.45. The fraction of sp³-hybridized carbons (Fsp3) is 0.942. The second kappa shape index (κ2) is 62.5. The molecule has 0 aromatic heterocycles. The summed E-state index contributed by atoms with van der Waals surface area (Å²) in [4.78, 5) is 72.0. The topological polar surface area (TPSA) is 237 Å². The predicted molar refractivity (Wildman–Crippen MR) is 354 cm³/mol. The van der Waals surface area contributed by atoms with E-state index in [0.29, 0.717) is 25.7 Å². The predicted octanol–water partition coefficient (Wildman–Crippen LogP) is 19.7. The lowest BCUT2D eigenvalue weighted by Gasteiger charge is -2.21. The van der Waals surface area contributed by atoms with Gasteiger partial charge < -0.3 is 33.8 Å². The molecule has 0 aliphatic rings. The van der Waals surface area contributed by atoms with Crippen LogP contribution in [0.2, 0.25) is 0 Å². The van der Waals surface area contributed by atoms with E-state index in [9.17, 15) is 43.2 Å². The monoisotopic (exact) mass is 1300 g/mol. The smallest absolute Gasteiger partial charge is 0.462 e. The van der Waals surface area contributed by atoms with Crippen LogP contribution in [0, 0.1) is 5.92 Å². The highest BCUT2D eigenvalue weighted by atomic mass is 31.2. The number of phosphoric acid groups is 2. The fourth-order valence-corrected chi connectivity index (χ4v) is 12.0. The number of carbonyl (C=O) groups excluding carboxylic acids is 4. The van der Waals surface area contributed by atoms with Gasteiger partial charge in [-0.05, 0) is 31.6 Å². The molecule has 522 valence electrons. The van der Waals surface area contributed by atoms with Gasteiger partial charge in [-0.15, -0.1) is 0 Å². The number of ether oxygens (including phenoxy) is 4. The number of hydrogen-bond acceptors (Lipinski definition) is 15. The second-order valence-corrected chi connectivity index (χ2v) is 28.1. The summed E-state index contributed by atoms with van der Waals surface area (Å²) in [7, 11) is -9.88. The molecule has 0 aromatic rings. The van der Waals surface area contributed by atoms with Crippen molar-refractivity contribution in [3.05, 3.63) is 0 Å². The Labute approximate surface area is 537 Å². The molecule has 0 heterocycles. The van der Waals surface area contributed by atoms with Gasteiger partial charge in [-0.25, -0.2) is 9.13 Å². The average molecular weight is 1300 g/mol. The standard InChI is InChI=1S/C69H134O17P2/c1-6-10-13-16-18-19-20-21-22-23-24-25-29-32-35-39-43-48-53-67(72)80-59-65(86-69(74)55-50-45-40-36-33-30-27-26-28-31-34-38-42-46-51-62(5)9-4)61-84-88(77,78)82-57-63(70)56-81-87(75,76)83-60-64(58-79-66(71)52-47-41-15-12-8-3)85-68(73)54-49-44-37-17-14-11-7-2/h62-65,70H,6-61H2,1-5H3,(H,75,76)(H,77,78)/t62?,63-,64+,65+/m0/s1. The zero-order valence-electron chi connectivity index (χ0n) is 56.9. The number of phosphoric ester groups is 2. The second-order valence-electron chi connectivity index (χ2n) is 25.2. The lowest BCUT2D eigenvalue weighted by Crippen LogP contribution is -2.30. The summed E-state index contributed by atoms with van der Waals surface area (Å²) in [6.45, 7) is 7.16. The maximum atomic E-state index is 13.0. The van der Waals surface area contributed by atoms with E-state index < -0.39 is 97.5 Å². The van der Waals surface area contributed by atoms with Gasteiger partial charge in [0.15, 0.2) is 12.2 Å². The molecule has 0 aliphatic carbocycles. The van der Waals surface area contributed by atoms with Crippen molar-refractivity contribution in [1.29, 1.82) is 0 Å². The van der Waals surface area contributed by atoms with Crippen LogP contribution in [0.25, 0.3) is 0 Å². The third kappa shape index (κ3) is 61.6. The molecular formula is C69H134O17P2. The Morgan fingerprint density at radius 3 is 0.807 bits per heavy atom. The van der Waals surface area contributed by atoms with E-state index in [1.54, 1.807) is 0 Å². The minimum atomic E-state index is -4.95. The van der Waals surface area contributed by atoms with Crippen LogP contribution in [0.4, 0.5) is 0 Å². The molecule has 19 heteroatoms. The number of carbonyl (C=O) groups is 4. The molecule has 3 unspecified atom stereocenters. The molecule has 0 fully saturated rings. The molecule has 88 heavy (non-hydrogen) atoms. The van der Waals surface area contributed by atoms with Crippen LogP contribution >= 0.6 is 15.6 Å². The van der Waals surface area contributed by atoms with Crippen molar-refractivity contribution in [3.8, 4) is 0 Å². The number of esters is 4. The van der Waals surface area contributed by atoms with Crippen molar-refractivity contribution in [3.63, 3.8) is 0 Å². The first-order valence-corrected chi connectivity index (χ1v) is 39.2. The van der Waals surface area contributed by atoms with Crippen molar-refractivity contribution < 1.29 is 80.2 Å². The highest BCUT2D eigenvalue weighted by Gasteiger charge is 2.30. The Morgan fingerprint density at radius 1 is 0.318 bits per heavy atom. The molecule has 17 nitrogen and oxygen atoms in total.